The maximum atomic E-state index is 13.8. The molecule has 1 heterocycles. The first-order valence-corrected chi connectivity index (χ1v) is 6.26. The third-order valence-corrected chi connectivity index (χ3v) is 3.52. The van der Waals surface area contributed by atoms with Crippen LogP contribution in [0, 0.1) is 5.82 Å². The smallest absolute Gasteiger partial charge is 0.338 e. The van der Waals surface area contributed by atoms with Gasteiger partial charge in [-0.15, -0.1) is 0 Å². The van der Waals surface area contributed by atoms with Gasteiger partial charge in [-0.3, -0.25) is 0 Å². The van der Waals surface area contributed by atoms with Crippen molar-refractivity contribution in [2.45, 2.75) is 0 Å². The Kier molecular flexibility index (Phi) is 4.01. The van der Waals surface area contributed by atoms with E-state index in [1.165, 1.54) is 6.20 Å². The predicted octanol–water partition coefficient (Wildman–Crippen LogP) is 4.08. The Bertz CT molecular complexity index is 652. The summed E-state index contributed by atoms with van der Waals surface area (Å²) >= 11 is 9.08. The highest BCUT2D eigenvalue weighted by Crippen LogP contribution is 2.28. The van der Waals surface area contributed by atoms with Gasteiger partial charge in [0.1, 0.15) is 5.56 Å². The second-order valence-corrected chi connectivity index (χ2v) is 4.84. The number of hydrogen-bond acceptors (Lipinski definition) is 3. The standard InChI is InChI=1S/C12H7BrClFN2O2/c13-8-5-6(1-2-9(8)14)17-11-10(15)7(12(18)19)3-4-16-11/h1-5H,(H,16,17)(H,18,19). The van der Waals surface area contributed by atoms with Crippen LogP contribution >= 0.6 is 27.5 Å². The van der Waals surface area contributed by atoms with Gasteiger partial charge in [0.15, 0.2) is 11.6 Å². The average Bonchev–Trinajstić information content (AvgIpc) is 2.36. The number of nitrogens with one attached hydrogen (secondary N) is 1. The zero-order valence-electron chi connectivity index (χ0n) is 9.32. The second kappa shape index (κ2) is 5.54. The van der Waals surface area contributed by atoms with Crippen molar-refractivity contribution in [2.24, 2.45) is 0 Å². The molecule has 2 aromatic rings. The summed E-state index contributed by atoms with van der Waals surface area (Å²) in [6.45, 7) is 0. The average molecular weight is 346 g/mol. The molecule has 98 valence electrons. The fourth-order valence-corrected chi connectivity index (χ4v) is 1.90. The molecule has 1 aromatic heterocycles. The first kappa shape index (κ1) is 13.8. The molecule has 0 aliphatic heterocycles. The fraction of sp³-hybridized carbons (Fsp3) is 0. The molecule has 0 saturated heterocycles. The summed E-state index contributed by atoms with van der Waals surface area (Å²) in [7, 11) is 0. The number of aromatic nitrogens is 1. The van der Waals surface area contributed by atoms with E-state index in [9.17, 15) is 9.18 Å². The third kappa shape index (κ3) is 3.02. The Morgan fingerprint density at radius 2 is 2.16 bits per heavy atom. The van der Waals surface area contributed by atoms with E-state index in [4.69, 9.17) is 16.7 Å². The molecule has 0 aliphatic rings. The number of anilines is 2. The summed E-state index contributed by atoms with van der Waals surface area (Å²) in [5.41, 5.74) is 0.0933. The molecule has 4 nitrogen and oxygen atoms in total. The summed E-state index contributed by atoms with van der Waals surface area (Å²) in [5.74, 6) is -2.42. The minimum absolute atomic E-state index is 0.158. The van der Waals surface area contributed by atoms with Gasteiger partial charge in [0.05, 0.1) is 5.02 Å². The molecule has 0 atom stereocenters. The van der Waals surface area contributed by atoms with Gasteiger partial charge in [-0.2, -0.15) is 0 Å². The highest BCUT2D eigenvalue weighted by Gasteiger charge is 2.15. The van der Waals surface area contributed by atoms with Crippen molar-refractivity contribution in [2.75, 3.05) is 5.32 Å². The number of hydrogen-bond donors (Lipinski definition) is 2. The van der Waals surface area contributed by atoms with E-state index >= 15 is 0 Å². The van der Waals surface area contributed by atoms with Crippen LogP contribution in [0.25, 0.3) is 0 Å². The van der Waals surface area contributed by atoms with Gasteiger partial charge in [0.2, 0.25) is 0 Å². The zero-order chi connectivity index (χ0) is 14.0. The molecule has 0 bridgehead atoms. The Morgan fingerprint density at radius 1 is 1.42 bits per heavy atom. The second-order valence-electron chi connectivity index (χ2n) is 3.58. The molecule has 1 aromatic carbocycles. The van der Waals surface area contributed by atoms with Crippen LogP contribution in [0.2, 0.25) is 5.02 Å². The quantitative estimate of drug-likeness (QED) is 0.880. The van der Waals surface area contributed by atoms with Crippen LogP contribution in [0.15, 0.2) is 34.9 Å². The molecule has 0 radical (unpaired) electrons. The lowest BCUT2D eigenvalue weighted by Crippen LogP contribution is -2.05. The lowest BCUT2D eigenvalue weighted by Gasteiger charge is -2.08. The molecule has 0 saturated carbocycles. The molecular formula is C12H7BrClFN2O2. The maximum Gasteiger partial charge on any atom is 0.338 e. The number of nitrogens with zero attached hydrogens (tertiary/aromatic N) is 1. The van der Waals surface area contributed by atoms with E-state index in [1.54, 1.807) is 18.2 Å². The molecule has 0 unspecified atom stereocenters. The van der Waals surface area contributed by atoms with Crippen LogP contribution in [0.1, 0.15) is 10.4 Å². The minimum atomic E-state index is -1.35. The predicted molar refractivity (Wildman–Crippen MR) is 73.6 cm³/mol. The summed E-state index contributed by atoms with van der Waals surface area (Å²) < 4.78 is 14.5. The van der Waals surface area contributed by atoms with E-state index in [1.807, 2.05) is 0 Å². The Labute approximate surface area is 121 Å². The van der Waals surface area contributed by atoms with E-state index in [0.717, 1.165) is 6.07 Å². The fourth-order valence-electron chi connectivity index (χ4n) is 1.41. The molecule has 7 heteroatoms. The van der Waals surface area contributed by atoms with E-state index in [0.29, 0.717) is 15.2 Å². The highest BCUT2D eigenvalue weighted by atomic mass is 79.9. The molecule has 0 amide bonds. The van der Waals surface area contributed by atoms with Gasteiger partial charge in [0, 0.05) is 16.4 Å². The summed E-state index contributed by atoms with van der Waals surface area (Å²) in [4.78, 5) is 14.6. The third-order valence-electron chi connectivity index (χ3n) is 2.30. The van der Waals surface area contributed by atoms with Crippen LogP contribution in [-0.4, -0.2) is 16.1 Å². The van der Waals surface area contributed by atoms with Crippen molar-refractivity contribution in [1.29, 1.82) is 0 Å². The van der Waals surface area contributed by atoms with E-state index in [-0.39, 0.29) is 5.82 Å². The maximum absolute atomic E-state index is 13.8. The van der Waals surface area contributed by atoms with Gasteiger partial charge < -0.3 is 10.4 Å². The number of pyridine rings is 1. The summed E-state index contributed by atoms with van der Waals surface area (Å²) in [5, 5.41) is 12.0. The molecule has 2 N–H and O–H groups in total. The number of carbonyl (C=O) groups is 1. The van der Waals surface area contributed by atoms with Crippen molar-refractivity contribution < 1.29 is 14.3 Å². The Morgan fingerprint density at radius 3 is 2.79 bits per heavy atom. The van der Waals surface area contributed by atoms with Crippen LogP contribution < -0.4 is 5.32 Å². The lowest BCUT2D eigenvalue weighted by molar-refractivity contribution is 0.0692. The molecule has 0 aliphatic carbocycles. The van der Waals surface area contributed by atoms with E-state index < -0.39 is 17.3 Å². The molecule has 19 heavy (non-hydrogen) atoms. The first-order chi connectivity index (χ1) is 8.99. The minimum Gasteiger partial charge on any atom is -0.478 e. The van der Waals surface area contributed by atoms with Gasteiger partial charge in [-0.05, 0) is 40.2 Å². The van der Waals surface area contributed by atoms with Crippen LogP contribution in [-0.2, 0) is 0 Å². The Balaban J connectivity index is 2.35. The van der Waals surface area contributed by atoms with Gasteiger partial charge in [-0.1, -0.05) is 11.6 Å². The monoisotopic (exact) mass is 344 g/mol. The van der Waals surface area contributed by atoms with Crippen molar-refractivity contribution in [1.82, 2.24) is 4.98 Å². The van der Waals surface area contributed by atoms with Crippen molar-refractivity contribution in [3.8, 4) is 0 Å². The lowest BCUT2D eigenvalue weighted by atomic mass is 10.2. The molecule has 2 rings (SSSR count). The van der Waals surface area contributed by atoms with Crippen LogP contribution in [0.5, 0.6) is 0 Å². The highest BCUT2D eigenvalue weighted by molar-refractivity contribution is 9.10. The molecular weight excluding hydrogens is 338 g/mol. The van der Waals surface area contributed by atoms with Crippen LogP contribution in [0.4, 0.5) is 15.9 Å². The van der Waals surface area contributed by atoms with Gasteiger partial charge in [0.25, 0.3) is 0 Å². The SMILES string of the molecule is O=C(O)c1ccnc(Nc2ccc(Cl)c(Br)c2)c1F. The van der Waals surface area contributed by atoms with Crippen molar-refractivity contribution in [3.05, 3.63) is 51.3 Å². The number of halogens is 3. The number of rotatable bonds is 3. The summed E-state index contributed by atoms with van der Waals surface area (Å²) in [6, 6.07) is 5.98. The van der Waals surface area contributed by atoms with Gasteiger partial charge >= 0.3 is 5.97 Å². The molecule has 0 fully saturated rings. The number of benzene rings is 1. The number of carboxylic acids is 1. The van der Waals surface area contributed by atoms with Gasteiger partial charge in [-0.25, -0.2) is 14.2 Å². The Hall–Kier alpha value is -1.66. The largest absolute Gasteiger partial charge is 0.478 e. The number of carboxylic acid groups (broad SMARTS) is 1. The van der Waals surface area contributed by atoms with E-state index in [2.05, 4.69) is 26.2 Å². The van der Waals surface area contributed by atoms with Crippen molar-refractivity contribution >= 4 is 45.0 Å². The molecule has 0 spiro atoms. The van der Waals surface area contributed by atoms with Crippen LogP contribution in [0.3, 0.4) is 0 Å². The summed E-state index contributed by atoms with van der Waals surface area (Å²) in [6.07, 6.45) is 1.22. The number of aromatic carboxylic acids is 1. The zero-order valence-corrected chi connectivity index (χ0v) is 11.7. The normalized spacial score (nSPS) is 10.3. The van der Waals surface area contributed by atoms with Crippen molar-refractivity contribution in [3.63, 3.8) is 0 Å². The first-order valence-electron chi connectivity index (χ1n) is 5.09. The topological polar surface area (TPSA) is 62.2 Å².